The number of sulfone groups is 1. The van der Waals surface area contributed by atoms with Crippen LogP contribution in [0.3, 0.4) is 0 Å². The summed E-state index contributed by atoms with van der Waals surface area (Å²) < 4.78 is 49.6. The minimum absolute atomic E-state index is 0.0156. The van der Waals surface area contributed by atoms with Crippen LogP contribution in [0, 0.1) is 5.82 Å². The second-order valence-corrected chi connectivity index (χ2v) is 10.1. The zero-order chi connectivity index (χ0) is 25.2. The molecule has 1 unspecified atom stereocenters. The number of amides is 1. The van der Waals surface area contributed by atoms with Crippen LogP contribution < -0.4 is 9.47 Å². The van der Waals surface area contributed by atoms with Gasteiger partial charge in [-0.1, -0.05) is 36.4 Å². The maximum atomic E-state index is 14.0. The Hall–Kier alpha value is -3.72. The fraction of sp³-hybridized carbons (Fsp3) is 0.231. The van der Waals surface area contributed by atoms with Crippen molar-refractivity contribution < 1.29 is 27.1 Å². The maximum Gasteiger partial charge on any atom is 0.240 e. The van der Waals surface area contributed by atoms with Gasteiger partial charge in [0, 0.05) is 13.3 Å². The highest BCUT2D eigenvalue weighted by atomic mass is 32.2. The Morgan fingerprint density at radius 1 is 1.03 bits per heavy atom. The fourth-order valence-corrected chi connectivity index (χ4v) is 5.35. The molecule has 0 bridgehead atoms. The molecule has 0 saturated heterocycles. The summed E-state index contributed by atoms with van der Waals surface area (Å²) in [5.74, 6) is -0.470. The molecule has 0 N–H and O–H groups in total. The number of carbonyl (C=O) groups excluding carboxylic acids is 1. The van der Waals surface area contributed by atoms with Gasteiger partial charge in [-0.25, -0.2) is 17.8 Å². The quantitative estimate of drug-likeness (QED) is 0.480. The number of hydrogen-bond acceptors (Lipinski definition) is 6. The van der Waals surface area contributed by atoms with Crippen molar-refractivity contribution in [2.24, 2.45) is 5.10 Å². The molecule has 0 radical (unpaired) electrons. The Bertz CT molecular complexity index is 1370. The van der Waals surface area contributed by atoms with Crippen molar-refractivity contribution >= 4 is 21.5 Å². The van der Waals surface area contributed by atoms with E-state index in [0.29, 0.717) is 12.0 Å². The topological polar surface area (TPSA) is 85.3 Å². The summed E-state index contributed by atoms with van der Waals surface area (Å²) in [6.07, 6.45) is 0.522. The second-order valence-electron chi connectivity index (χ2n) is 8.16. The van der Waals surface area contributed by atoms with Gasteiger partial charge in [-0.2, -0.15) is 5.10 Å². The van der Waals surface area contributed by atoms with E-state index in [-0.39, 0.29) is 28.3 Å². The minimum Gasteiger partial charge on any atom is -0.497 e. The van der Waals surface area contributed by atoms with Gasteiger partial charge in [0.2, 0.25) is 5.91 Å². The third-order valence-corrected chi connectivity index (χ3v) is 7.55. The highest BCUT2D eigenvalue weighted by Crippen LogP contribution is 2.33. The number of hydrogen-bond donors (Lipinski definition) is 0. The molecule has 1 aliphatic heterocycles. The Labute approximate surface area is 203 Å². The molecule has 0 saturated carbocycles. The first-order valence-electron chi connectivity index (χ1n) is 10.9. The molecular weight excluding hydrogens is 471 g/mol. The van der Waals surface area contributed by atoms with Crippen molar-refractivity contribution in [1.82, 2.24) is 5.01 Å². The van der Waals surface area contributed by atoms with Gasteiger partial charge in [0.05, 0.1) is 36.6 Å². The molecule has 3 aromatic carbocycles. The molecule has 0 aliphatic carbocycles. The van der Waals surface area contributed by atoms with Crippen molar-refractivity contribution in [1.29, 1.82) is 0 Å². The van der Waals surface area contributed by atoms with Gasteiger partial charge in [0.25, 0.3) is 0 Å². The summed E-state index contributed by atoms with van der Waals surface area (Å²) in [5.41, 5.74) is 3.02. The largest absolute Gasteiger partial charge is 0.497 e. The van der Waals surface area contributed by atoms with Crippen molar-refractivity contribution in [2.45, 2.75) is 30.0 Å². The smallest absolute Gasteiger partial charge is 0.240 e. The zero-order valence-electron chi connectivity index (χ0n) is 19.6. The average Bonchev–Trinajstić information content (AvgIpc) is 3.30. The summed E-state index contributed by atoms with van der Waals surface area (Å²) in [7, 11) is -0.840. The number of carbonyl (C=O) groups is 1. The first-order valence-corrected chi connectivity index (χ1v) is 12.5. The van der Waals surface area contributed by atoms with Crippen molar-refractivity contribution in [3.63, 3.8) is 0 Å². The SMILES string of the molecule is COc1ccc(C2CC(c3ccc(CS(=O)(=O)c4ccc(OC)c(F)c4)cc3)=NN2C(C)=O)cc1. The van der Waals surface area contributed by atoms with E-state index in [1.54, 1.807) is 31.4 Å². The molecule has 0 aromatic heterocycles. The Balaban J connectivity index is 1.52. The van der Waals surface area contributed by atoms with Crippen LogP contribution in [0.1, 0.15) is 36.1 Å². The average molecular weight is 497 g/mol. The van der Waals surface area contributed by atoms with Crippen LogP contribution in [0.5, 0.6) is 11.5 Å². The highest BCUT2D eigenvalue weighted by Gasteiger charge is 2.31. The highest BCUT2D eigenvalue weighted by molar-refractivity contribution is 7.90. The van der Waals surface area contributed by atoms with Gasteiger partial charge in [-0.3, -0.25) is 4.79 Å². The number of hydrazone groups is 1. The molecule has 4 rings (SSSR count). The molecule has 1 heterocycles. The lowest BCUT2D eigenvalue weighted by molar-refractivity contribution is -0.130. The van der Waals surface area contributed by atoms with Gasteiger partial charge < -0.3 is 9.47 Å². The predicted molar refractivity (Wildman–Crippen MR) is 130 cm³/mol. The molecule has 35 heavy (non-hydrogen) atoms. The number of halogens is 1. The summed E-state index contributed by atoms with van der Waals surface area (Å²) in [6, 6.07) is 17.8. The third-order valence-electron chi connectivity index (χ3n) is 5.86. The first kappa shape index (κ1) is 24.4. The van der Waals surface area contributed by atoms with Gasteiger partial charge in [-0.05, 0) is 47.0 Å². The molecule has 0 spiro atoms. The van der Waals surface area contributed by atoms with Gasteiger partial charge in [-0.15, -0.1) is 0 Å². The molecular formula is C26H25FN2O5S. The number of benzene rings is 3. The predicted octanol–water partition coefficient (Wildman–Crippen LogP) is 4.51. The van der Waals surface area contributed by atoms with Crippen LogP contribution in [-0.4, -0.2) is 39.3 Å². The molecule has 7 nitrogen and oxygen atoms in total. The van der Waals surface area contributed by atoms with E-state index in [0.717, 1.165) is 28.7 Å². The second kappa shape index (κ2) is 9.87. The maximum absolute atomic E-state index is 14.0. The van der Waals surface area contributed by atoms with Crippen LogP contribution in [0.2, 0.25) is 0 Å². The third kappa shape index (κ3) is 5.19. The van der Waals surface area contributed by atoms with Crippen LogP contribution in [0.25, 0.3) is 0 Å². The fourth-order valence-electron chi connectivity index (χ4n) is 4.00. The van der Waals surface area contributed by atoms with Crippen LogP contribution in [-0.2, 0) is 20.4 Å². The monoisotopic (exact) mass is 496 g/mol. The van der Waals surface area contributed by atoms with Crippen LogP contribution in [0.4, 0.5) is 4.39 Å². The number of methoxy groups -OCH3 is 2. The van der Waals surface area contributed by atoms with E-state index in [1.807, 2.05) is 24.3 Å². The number of nitrogens with zero attached hydrogens (tertiary/aromatic N) is 2. The van der Waals surface area contributed by atoms with Crippen LogP contribution in [0.15, 0.2) is 76.7 Å². The molecule has 9 heteroatoms. The first-order chi connectivity index (χ1) is 16.7. The summed E-state index contributed by atoms with van der Waals surface area (Å²) in [4.78, 5) is 12.1. The molecule has 1 atom stereocenters. The molecule has 182 valence electrons. The van der Waals surface area contributed by atoms with E-state index in [2.05, 4.69) is 5.10 Å². The Morgan fingerprint density at radius 3 is 2.29 bits per heavy atom. The van der Waals surface area contributed by atoms with Crippen LogP contribution >= 0.6 is 0 Å². The van der Waals surface area contributed by atoms with E-state index < -0.39 is 15.7 Å². The lowest BCUT2D eigenvalue weighted by atomic mass is 9.98. The van der Waals surface area contributed by atoms with E-state index in [1.165, 1.54) is 31.2 Å². The molecule has 1 amide bonds. The molecule has 1 aliphatic rings. The van der Waals surface area contributed by atoms with Gasteiger partial charge >= 0.3 is 0 Å². The lowest BCUT2D eigenvalue weighted by Crippen LogP contribution is -2.24. The Morgan fingerprint density at radius 2 is 1.71 bits per heavy atom. The number of ether oxygens (including phenoxy) is 2. The standard InChI is InChI=1S/C26H25FN2O5S/c1-17(30)29-25(20-8-10-21(33-2)11-9-20)15-24(28-29)19-6-4-18(5-7-19)16-35(31,32)22-12-13-26(34-3)23(27)14-22/h4-14,25H,15-16H2,1-3H3. The summed E-state index contributed by atoms with van der Waals surface area (Å²) >= 11 is 0. The molecule has 3 aromatic rings. The number of rotatable bonds is 7. The lowest BCUT2D eigenvalue weighted by Gasteiger charge is -2.20. The summed E-state index contributed by atoms with van der Waals surface area (Å²) in [5, 5.41) is 6.00. The van der Waals surface area contributed by atoms with Crippen molar-refractivity contribution in [2.75, 3.05) is 14.2 Å². The van der Waals surface area contributed by atoms with E-state index in [4.69, 9.17) is 9.47 Å². The Kier molecular flexibility index (Phi) is 6.88. The zero-order valence-corrected chi connectivity index (χ0v) is 20.4. The normalized spacial score (nSPS) is 15.6. The van der Waals surface area contributed by atoms with Gasteiger partial charge in [0.15, 0.2) is 21.4 Å². The van der Waals surface area contributed by atoms with Gasteiger partial charge in [0.1, 0.15) is 5.75 Å². The van der Waals surface area contributed by atoms with E-state index in [9.17, 15) is 17.6 Å². The summed E-state index contributed by atoms with van der Waals surface area (Å²) in [6.45, 7) is 1.47. The van der Waals surface area contributed by atoms with Crippen molar-refractivity contribution in [3.05, 3.63) is 89.2 Å². The molecule has 0 fully saturated rings. The minimum atomic E-state index is -3.75. The van der Waals surface area contributed by atoms with E-state index >= 15 is 0 Å². The van der Waals surface area contributed by atoms with Crippen molar-refractivity contribution in [3.8, 4) is 11.5 Å².